The highest BCUT2D eigenvalue weighted by atomic mass is 16.5. The monoisotopic (exact) mass is 444 g/mol. The van der Waals surface area contributed by atoms with E-state index in [9.17, 15) is 4.79 Å². The molecule has 1 atom stereocenters. The van der Waals surface area contributed by atoms with E-state index in [0.29, 0.717) is 18.0 Å². The number of nitrogens with one attached hydrogen (secondary N) is 1. The van der Waals surface area contributed by atoms with Gasteiger partial charge in [0, 0.05) is 48.3 Å². The van der Waals surface area contributed by atoms with Gasteiger partial charge in [0.1, 0.15) is 17.8 Å². The largest absolute Gasteiger partial charge is 0.494 e. The number of anilines is 1. The van der Waals surface area contributed by atoms with Crippen molar-refractivity contribution in [1.82, 2.24) is 24.6 Å². The first-order valence-electron chi connectivity index (χ1n) is 10.7. The summed E-state index contributed by atoms with van der Waals surface area (Å²) in [6.07, 6.45) is 3.49. The molecular formula is C25H28N6O2. The van der Waals surface area contributed by atoms with Gasteiger partial charge >= 0.3 is 0 Å². The molecule has 1 unspecified atom stereocenters. The van der Waals surface area contributed by atoms with E-state index in [2.05, 4.69) is 20.4 Å². The smallest absolute Gasteiger partial charge is 0.228 e. The fraction of sp³-hybridized carbons (Fsp3) is 0.280. The van der Waals surface area contributed by atoms with Crippen molar-refractivity contribution in [3.05, 3.63) is 55.0 Å². The van der Waals surface area contributed by atoms with Gasteiger partial charge < -0.3 is 15.0 Å². The van der Waals surface area contributed by atoms with Gasteiger partial charge in [0.2, 0.25) is 5.91 Å². The van der Waals surface area contributed by atoms with Gasteiger partial charge in [-0.25, -0.2) is 9.97 Å². The molecule has 2 aromatic carbocycles. The molecule has 170 valence electrons. The maximum absolute atomic E-state index is 12.8. The lowest BCUT2D eigenvalue weighted by Crippen LogP contribution is -2.30. The summed E-state index contributed by atoms with van der Waals surface area (Å²) in [6.45, 7) is 2.55. The number of ether oxygens (including phenoxy) is 1. The fourth-order valence-corrected chi connectivity index (χ4v) is 3.92. The zero-order valence-corrected chi connectivity index (χ0v) is 19.5. The molecule has 0 saturated carbocycles. The van der Waals surface area contributed by atoms with Crippen molar-refractivity contribution in [3.8, 4) is 28.3 Å². The summed E-state index contributed by atoms with van der Waals surface area (Å²) in [5, 5.41) is 8.50. The Morgan fingerprint density at radius 2 is 1.91 bits per heavy atom. The van der Waals surface area contributed by atoms with Gasteiger partial charge in [-0.15, -0.1) is 0 Å². The highest BCUT2D eigenvalue weighted by Gasteiger charge is 2.20. The lowest BCUT2D eigenvalue weighted by atomic mass is 10.0. The molecule has 1 amide bonds. The number of carbonyl (C=O) groups is 1. The quantitative estimate of drug-likeness (QED) is 0.466. The lowest BCUT2D eigenvalue weighted by Gasteiger charge is -2.18. The van der Waals surface area contributed by atoms with Gasteiger partial charge in [0.25, 0.3) is 0 Å². The highest BCUT2D eigenvalue weighted by molar-refractivity contribution is 6.02. The molecule has 0 radical (unpaired) electrons. The van der Waals surface area contributed by atoms with Crippen molar-refractivity contribution >= 4 is 22.5 Å². The van der Waals surface area contributed by atoms with E-state index < -0.39 is 0 Å². The normalized spacial score (nSPS) is 12.2. The summed E-state index contributed by atoms with van der Waals surface area (Å²) in [4.78, 5) is 23.8. The van der Waals surface area contributed by atoms with E-state index in [-0.39, 0.29) is 11.8 Å². The minimum absolute atomic E-state index is 0.0777. The van der Waals surface area contributed by atoms with Crippen LogP contribution in [-0.2, 0) is 11.8 Å². The lowest BCUT2D eigenvalue weighted by molar-refractivity contribution is -0.119. The Bertz CT molecular complexity index is 1280. The predicted octanol–water partition coefficient (Wildman–Crippen LogP) is 3.84. The summed E-state index contributed by atoms with van der Waals surface area (Å²) in [5.41, 5.74) is 4.77. The second-order valence-electron chi connectivity index (χ2n) is 8.38. The highest BCUT2D eigenvalue weighted by Crippen LogP contribution is 2.37. The van der Waals surface area contributed by atoms with Gasteiger partial charge in [-0.2, -0.15) is 5.10 Å². The van der Waals surface area contributed by atoms with Gasteiger partial charge in [-0.05, 0) is 20.2 Å². The van der Waals surface area contributed by atoms with Gasteiger partial charge in [-0.1, -0.05) is 37.3 Å². The molecule has 8 nitrogen and oxygen atoms in total. The molecule has 0 spiro atoms. The third kappa shape index (κ3) is 4.70. The summed E-state index contributed by atoms with van der Waals surface area (Å²) in [5.74, 6) is 0.285. The van der Waals surface area contributed by atoms with Gasteiger partial charge in [0.05, 0.1) is 24.0 Å². The maximum atomic E-state index is 12.8. The fourth-order valence-electron chi connectivity index (χ4n) is 3.92. The number of methoxy groups -OCH3 is 1. The average Bonchev–Trinajstić information content (AvgIpc) is 3.19. The van der Waals surface area contributed by atoms with E-state index in [4.69, 9.17) is 4.74 Å². The molecule has 1 N–H and O–H groups in total. The van der Waals surface area contributed by atoms with Crippen LogP contribution in [0, 0.1) is 5.92 Å². The molecule has 2 heterocycles. The molecule has 0 aliphatic carbocycles. The van der Waals surface area contributed by atoms with Gasteiger partial charge in [-0.3, -0.25) is 9.48 Å². The number of carbonyl (C=O) groups excluding carboxylic acids is 1. The number of hydrogen-bond acceptors (Lipinski definition) is 6. The number of nitrogens with zero attached hydrogens (tertiary/aromatic N) is 5. The summed E-state index contributed by atoms with van der Waals surface area (Å²) in [6, 6.07) is 13.7. The van der Waals surface area contributed by atoms with E-state index in [0.717, 1.165) is 33.4 Å². The third-order valence-corrected chi connectivity index (χ3v) is 5.43. The van der Waals surface area contributed by atoms with Crippen LogP contribution in [0.5, 0.6) is 5.75 Å². The number of rotatable bonds is 7. The van der Waals surface area contributed by atoms with E-state index >= 15 is 0 Å². The first-order valence-corrected chi connectivity index (χ1v) is 10.7. The molecule has 0 bridgehead atoms. The molecule has 4 rings (SSSR count). The molecule has 0 aliphatic heterocycles. The van der Waals surface area contributed by atoms with Crippen molar-refractivity contribution in [3.63, 3.8) is 0 Å². The minimum Gasteiger partial charge on any atom is -0.494 e. The number of benzene rings is 2. The summed E-state index contributed by atoms with van der Waals surface area (Å²) < 4.78 is 7.33. The molecule has 0 fully saturated rings. The number of fused-ring (bicyclic) bond motifs is 1. The van der Waals surface area contributed by atoms with E-state index in [1.807, 2.05) is 81.6 Å². The Morgan fingerprint density at radius 3 is 2.61 bits per heavy atom. The maximum Gasteiger partial charge on any atom is 0.228 e. The molecular weight excluding hydrogens is 416 g/mol. The number of hydrogen-bond donors (Lipinski definition) is 1. The summed E-state index contributed by atoms with van der Waals surface area (Å²) in [7, 11) is 7.36. The van der Waals surface area contributed by atoms with Crippen molar-refractivity contribution in [2.75, 3.05) is 33.1 Å². The van der Waals surface area contributed by atoms with Crippen molar-refractivity contribution in [2.45, 2.75) is 6.92 Å². The van der Waals surface area contributed by atoms with Crippen LogP contribution in [0.25, 0.3) is 33.4 Å². The SMILES string of the molecule is COc1cc2ncnc(-c3cn(C)nc3-c3ccccc3)c2cc1NC(=O)C(C)CN(C)C. The molecule has 2 aromatic heterocycles. The van der Waals surface area contributed by atoms with Crippen LogP contribution in [0.4, 0.5) is 5.69 Å². The predicted molar refractivity (Wildman–Crippen MR) is 130 cm³/mol. The minimum atomic E-state index is -0.185. The van der Waals surface area contributed by atoms with Crippen molar-refractivity contribution < 1.29 is 9.53 Å². The van der Waals surface area contributed by atoms with Crippen molar-refractivity contribution in [1.29, 1.82) is 0 Å². The number of amides is 1. The zero-order valence-electron chi connectivity index (χ0n) is 19.5. The average molecular weight is 445 g/mol. The van der Waals surface area contributed by atoms with E-state index in [1.165, 1.54) is 6.33 Å². The summed E-state index contributed by atoms with van der Waals surface area (Å²) >= 11 is 0. The Morgan fingerprint density at radius 1 is 1.15 bits per heavy atom. The standard InChI is InChI=1S/C25H28N6O2/c1-16(13-30(2)3)25(32)28-21-11-18-20(12-22(21)33-5)26-15-27-24(18)19-14-31(4)29-23(19)17-9-7-6-8-10-17/h6-12,14-16H,13H2,1-5H3,(H,28,32). The third-order valence-electron chi connectivity index (χ3n) is 5.43. The molecule has 8 heteroatoms. The van der Waals surface area contributed by atoms with Crippen molar-refractivity contribution in [2.24, 2.45) is 13.0 Å². The second kappa shape index (κ2) is 9.38. The van der Waals surface area contributed by atoms with E-state index in [1.54, 1.807) is 11.8 Å². The molecule has 0 saturated heterocycles. The Balaban J connectivity index is 1.82. The Labute approximate surface area is 193 Å². The van der Waals surface area contributed by atoms with Crippen LogP contribution in [0.15, 0.2) is 55.0 Å². The number of aryl methyl sites for hydroxylation is 1. The first-order chi connectivity index (χ1) is 15.9. The Hall–Kier alpha value is -3.78. The molecule has 4 aromatic rings. The topological polar surface area (TPSA) is 85.2 Å². The molecule has 33 heavy (non-hydrogen) atoms. The number of aromatic nitrogens is 4. The van der Waals surface area contributed by atoms with Crippen LogP contribution in [0.3, 0.4) is 0 Å². The first kappa shape index (κ1) is 22.4. The Kier molecular flexibility index (Phi) is 6.37. The van der Waals surface area contributed by atoms with Crippen LogP contribution in [0.2, 0.25) is 0 Å². The van der Waals surface area contributed by atoms with Crippen LogP contribution >= 0.6 is 0 Å². The van der Waals surface area contributed by atoms with Crippen LogP contribution in [0.1, 0.15) is 6.92 Å². The van der Waals surface area contributed by atoms with Gasteiger partial charge in [0.15, 0.2) is 0 Å². The second-order valence-corrected chi connectivity index (χ2v) is 8.38. The van der Waals surface area contributed by atoms with Crippen LogP contribution in [-0.4, -0.2) is 58.3 Å². The molecule has 0 aliphatic rings. The zero-order chi connectivity index (χ0) is 23.5. The van der Waals surface area contributed by atoms with Crippen LogP contribution < -0.4 is 10.1 Å².